The lowest BCUT2D eigenvalue weighted by atomic mass is 10.0. The van der Waals surface area contributed by atoms with Crippen LogP contribution in [0.25, 0.3) is 10.8 Å². The molecule has 2 heterocycles. The number of halogens is 1. The van der Waals surface area contributed by atoms with E-state index in [-0.39, 0.29) is 81.1 Å². The van der Waals surface area contributed by atoms with Gasteiger partial charge in [0.2, 0.25) is 23.6 Å². The van der Waals surface area contributed by atoms with Crippen molar-refractivity contribution in [3.8, 4) is 5.75 Å². The topological polar surface area (TPSA) is 193 Å². The quantitative estimate of drug-likeness (QED) is 0.158. The van der Waals surface area contributed by atoms with Crippen LogP contribution in [0.3, 0.4) is 0 Å². The summed E-state index contributed by atoms with van der Waals surface area (Å²) in [4.78, 5) is 75.1. The van der Waals surface area contributed by atoms with Crippen molar-refractivity contribution in [1.29, 1.82) is 0 Å². The van der Waals surface area contributed by atoms with Crippen molar-refractivity contribution in [3.63, 3.8) is 0 Å². The molecule has 2 aliphatic heterocycles. The molecule has 51 heavy (non-hydrogen) atoms. The molecule has 0 spiro atoms. The van der Waals surface area contributed by atoms with E-state index in [2.05, 4.69) is 15.6 Å². The third-order valence-corrected chi connectivity index (χ3v) is 9.16. The van der Waals surface area contributed by atoms with Crippen molar-refractivity contribution in [2.24, 2.45) is 16.5 Å². The first kappa shape index (κ1) is 36.5. The maximum absolute atomic E-state index is 14.5. The van der Waals surface area contributed by atoms with E-state index in [0.29, 0.717) is 6.42 Å². The van der Waals surface area contributed by atoms with E-state index in [1.165, 1.54) is 25.1 Å². The molecule has 15 heteroatoms. The highest BCUT2D eigenvalue weighted by atomic mass is 19.1. The van der Waals surface area contributed by atoms with E-state index in [4.69, 9.17) is 16.2 Å². The molecule has 270 valence electrons. The molecule has 5 amide bonds. The Hall–Kier alpha value is -5.73. The van der Waals surface area contributed by atoms with Crippen molar-refractivity contribution in [3.05, 3.63) is 77.6 Å². The van der Waals surface area contributed by atoms with Crippen LogP contribution in [0, 0.1) is 5.82 Å². The minimum absolute atomic E-state index is 0.0547. The van der Waals surface area contributed by atoms with Gasteiger partial charge in [-0.05, 0) is 47.4 Å². The first-order chi connectivity index (χ1) is 24.4. The largest absolute Gasteiger partial charge is 0.491 e. The number of nitrogens with one attached hydrogen (secondary N) is 2. The number of carbonyl (C=O) groups is 5. The van der Waals surface area contributed by atoms with Crippen molar-refractivity contribution >= 4 is 46.3 Å². The number of ether oxygens (including phenoxy) is 1. The van der Waals surface area contributed by atoms with Crippen LogP contribution in [-0.4, -0.2) is 115 Å². The SMILES string of the molecule is CN1CC(=O)N2C[C@@H](NC(=O)Cc3cccc4ccccc34)C[C@H]2COc2ccc(F)cc2C(=O)N(C)[C@@H](C(=O)NCCN=C(N)N)CCC1=O. The number of hydrogen-bond donors (Lipinski definition) is 4. The summed E-state index contributed by atoms with van der Waals surface area (Å²) in [6.45, 7) is 0.00188. The normalized spacial score (nSPS) is 20.1. The number of amides is 5. The summed E-state index contributed by atoms with van der Waals surface area (Å²) < 4.78 is 20.7. The number of guanidine groups is 1. The zero-order chi connectivity index (χ0) is 36.7. The van der Waals surface area contributed by atoms with Crippen LogP contribution in [0.4, 0.5) is 4.39 Å². The maximum atomic E-state index is 14.5. The minimum Gasteiger partial charge on any atom is -0.491 e. The Bertz CT molecular complexity index is 1830. The summed E-state index contributed by atoms with van der Waals surface area (Å²) in [7, 11) is 2.87. The van der Waals surface area contributed by atoms with Gasteiger partial charge in [0, 0.05) is 39.6 Å². The van der Waals surface area contributed by atoms with E-state index in [9.17, 15) is 28.4 Å². The zero-order valence-corrected chi connectivity index (χ0v) is 28.6. The van der Waals surface area contributed by atoms with Gasteiger partial charge in [-0.3, -0.25) is 29.0 Å². The fraction of sp³-hybridized carbons (Fsp3) is 0.389. The number of fused-ring (bicyclic) bond motifs is 3. The van der Waals surface area contributed by atoms with Gasteiger partial charge in [-0.2, -0.15) is 0 Å². The molecule has 1 fully saturated rings. The fourth-order valence-electron chi connectivity index (χ4n) is 6.51. The van der Waals surface area contributed by atoms with Crippen LogP contribution in [-0.2, 0) is 25.6 Å². The number of aliphatic imine (C=N–C) groups is 1. The van der Waals surface area contributed by atoms with Gasteiger partial charge in [-0.25, -0.2) is 4.39 Å². The smallest absolute Gasteiger partial charge is 0.258 e. The van der Waals surface area contributed by atoms with Gasteiger partial charge in [0.1, 0.15) is 24.2 Å². The molecule has 3 aromatic carbocycles. The van der Waals surface area contributed by atoms with Gasteiger partial charge in [0.15, 0.2) is 5.96 Å². The van der Waals surface area contributed by atoms with Crippen molar-refractivity contribution in [1.82, 2.24) is 25.3 Å². The standard InChI is InChI=1S/C36H43FN8O6/c1-43-20-33(48)45-19-25(42-31(46)16-23-8-5-7-22-6-3-4-9-27(22)23)18-26(45)21-51-30-12-10-24(37)17-28(30)35(50)44(2)29(11-13-32(43)47)34(49)40-14-15-41-36(38)39/h3-10,12,17,25-26,29H,11,13-16,18-21H2,1-2H3,(H,40,49)(H,42,46)(H4,38,39,41)/t25-,26-,29+/m0/s1. The molecular formula is C36H43FN8O6. The predicted molar refractivity (Wildman–Crippen MR) is 188 cm³/mol. The van der Waals surface area contributed by atoms with E-state index < -0.39 is 41.7 Å². The molecule has 5 rings (SSSR count). The van der Waals surface area contributed by atoms with Crippen molar-refractivity contribution in [2.75, 3.05) is 46.9 Å². The molecule has 0 aromatic heterocycles. The molecule has 0 radical (unpaired) electrons. The number of carbonyl (C=O) groups excluding carboxylic acids is 5. The molecule has 6 N–H and O–H groups in total. The summed E-state index contributed by atoms with van der Waals surface area (Å²) >= 11 is 0. The predicted octanol–water partition coefficient (Wildman–Crippen LogP) is 0.769. The highest BCUT2D eigenvalue weighted by Gasteiger charge is 2.38. The Labute approximate surface area is 294 Å². The highest BCUT2D eigenvalue weighted by molar-refractivity contribution is 6.00. The molecule has 14 nitrogen and oxygen atoms in total. The number of nitrogens with two attached hydrogens (primary N) is 2. The van der Waals surface area contributed by atoms with Crippen LogP contribution in [0.15, 0.2) is 65.7 Å². The van der Waals surface area contributed by atoms with E-state index in [0.717, 1.165) is 33.4 Å². The Morgan fingerprint density at radius 1 is 1.02 bits per heavy atom. The van der Waals surface area contributed by atoms with Crippen molar-refractivity contribution in [2.45, 2.75) is 43.8 Å². The van der Waals surface area contributed by atoms with Crippen LogP contribution < -0.4 is 26.8 Å². The molecule has 0 saturated carbocycles. The first-order valence-corrected chi connectivity index (χ1v) is 16.7. The summed E-state index contributed by atoms with van der Waals surface area (Å²) in [5.41, 5.74) is 11.4. The molecule has 1 saturated heterocycles. The Morgan fingerprint density at radius 3 is 2.57 bits per heavy atom. The zero-order valence-electron chi connectivity index (χ0n) is 28.6. The maximum Gasteiger partial charge on any atom is 0.258 e. The van der Waals surface area contributed by atoms with E-state index >= 15 is 0 Å². The van der Waals surface area contributed by atoms with Crippen LogP contribution in [0.2, 0.25) is 0 Å². The van der Waals surface area contributed by atoms with Crippen LogP contribution in [0.5, 0.6) is 5.75 Å². The van der Waals surface area contributed by atoms with Crippen molar-refractivity contribution < 1.29 is 33.1 Å². The lowest BCUT2D eigenvalue weighted by Crippen LogP contribution is -2.49. The van der Waals surface area contributed by atoms with E-state index in [1.807, 2.05) is 42.5 Å². The number of nitrogens with zero attached hydrogens (tertiary/aromatic N) is 4. The van der Waals surface area contributed by atoms with Gasteiger partial charge in [-0.1, -0.05) is 42.5 Å². The van der Waals surface area contributed by atoms with Crippen LogP contribution in [0.1, 0.15) is 35.2 Å². The van der Waals surface area contributed by atoms with Gasteiger partial charge < -0.3 is 41.5 Å². The number of likely N-dealkylation sites (N-methyl/N-ethyl adjacent to an activating group) is 2. The number of benzene rings is 3. The molecule has 0 aliphatic carbocycles. The third kappa shape index (κ3) is 9.09. The summed E-state index contributed by atoms with van der Waals surface area (Å²) in [5, 5.41) is 7.73. The lowest BCUT2D eigenvalue weighted by molar-refractivity contribution is -0.140. The summed E-state index contributed by atoms with van der Waals surface area (Å²) in [6.07, 6.45) is 0.234. The number of hydrogen-bond acceptors (Lipinski definition) is 7. The molecule has 3 atom stereocenters. The Morgan fingerprint density at radius 2 is 1.78 bits per heavy atom. The summed E-state index contributed by atoms with van der Waals surface area (Å²) in [5.74, 6) is -3.05. The van der Waals surface area contributed by atoms with Gasteiger partial charge in [-0.15, -0.1) is 0 Å². The fourth-order valence-corrected chi connectivity index (χ4v) is 6.51. The molecule has 0 unspecified atom stereocenters. The Kier molecular flexibility index (Phi) is 11.7. The molecule has 3 aromatic rings. The second-order valence-electron chi connectivity index (χ2n) is 12.8. The Balaban J connectivity index is 1.36. The van der Waals surface area contributed by atoms with Gasteiger partial charge in [0.05, 0.1) is 31.1 Å². The average molecular weight is 703 g/mol. The third-order valence-electron chi connectivity index (χ3n) is 9.16. The molecule has 0 bridgehead atoms. The monoisotopic (exact) mass is 702 g/mol. The minimum atomic E-state index is -1.13. The second-order valence-corrected chi connectivity index (χ2v) is 12.8. The first-order valence-electron chi connectivity index (χ1n) is 16.7. The highest BCUT2D eigenvalue weighted by Crippen LogP contribution is 2.27. The molecule has 2 aliphatic rings. The van der Waals surface area contributed by atoms with Crippen LogP contribution >= 0.6 is 0 Å². The number of rotatable bonds is 7. The summed E-state index contributed by atoms with van der Waals surface area (Å²) in [6, 6.07) is 15.0. The van der Waals surface area contributed by atoms with Gasteiger partial charge in [0.25, 0.3) is 5.91 Å². The molecular weight excluding hydrogens is 659 g/mol. The van der Waals surface area contributed by atoms with Gasteiger partial charge >= 0.3 is 0 Å². The lowest BCUT2D eigenvalue weighted by Gasteiger charge is -2.28. The average Bonchev–Trinajstić information content (AvgIpc) is 3.51. The van der Waals surface area contributed by atoms with E-state index in [1.54, 1.807) is 4.90 Å². The second kappa shape index (κ2) is 16.3.